The molecule has 112 valence electrons. The minimum atomic E-state index is 0.455. The van der Waals surface area contributed by atoms with Crippen LogP contribution in [0.15, 0.2) is 11.4 Å². The molecule has 1 aromatic rings. The van der Waals surface area contributed by atoms with E-state index < -0.39 is 0 Å². The molecule has 1 saturated heterocycles. The second-order valence-corrected chi connectivity index (χ2v) is 7.76. The summed E-state index contributed by atoms with van der Waals surface area (Å²) in [6, 6.07) is 2.69. The van der Waals surface area contributed by atoms with Gasteiger partial charge in [0.2, 0.25) is 0 Å². The maximum absolute atomic E-state index is 6.10. The minimum absolute atomic E-state index is 0.455. The first-order valence-electron chi connectivity index (χ1n) is 8.22. The molecule has 2 fully saturated rings. The average Bonchev–Trinajstić information content (AvgIpc) is 2.89. The van der Waals surface area contributed by atoms with Crippen LogP contribution in [0.3, 0.4) is 0 Å². The van der Waals surface area contributed by atoms with Gasteiger partial charge in [-0.1, -0.05) is 19.3 Å². The van der Waals surface area contributed by atoms with E-state index in [1.807, 2.05) is 11.3 Å². The van der Waals surface area contributed by atoms with Crippen LogP contribution >= 0.6 is 11.3 Å². The fourth-order valence-electron chi connectivity index (χ4n) is 4.26. The Morgan fingerprint density at radius 1 is 1.20 bits per heavy atom. The smallest absolute Gasteiger partial charge is 0.0566 e. The molecule has 0 amide bonds. The van der Waals surface area contributed by atoms with Gasteiger partial charge in [0, 0.05) is 11.4 Å². The average molecular weight is 292 g/mol. The van der Waals surface area contributed by atoms with Crippen LogP contribution in [0.2, 0.25) is 0 Å². The van der Waals surface area contributed by atoms with Gasteiger partial charge in [-0.15, -0.1) is 11.3 Å². The van der Waals surface area contributed by atoms with Crippen LogP contribution in [0, 0.1) is 12.3 Å². The summed E-state index contributed by atoms with van der Waals surface area (Å²) in [5, 5.41) is 2.21. The first-order chi connectivity index (χ1) is 9.74. The molecule has 1 aromatic heterocycles. The van der Waals surface area contributed by atoms with E-state index in [1.165, 1.54) is 68.5 Å². The Balaban J connectivity index is 1.66. The van der Waals surface area contributed by atoms with Crippen molar-refractivity contribution in [2.45, 2.75) is 57.9 Å². The molecular weight excluding hydrogens is 264 g/mol. The Morgan fingerprint density at radius 3 is 2.45 bits per heavy atom. The third kappa shape index (κ3) is 2.81. The van der Waals surface area contributed by atoms with Crippen molar-refractivity contribution in [3.05, 3.63) is 21.9 Å². The van der Waals surface area contributed by atoms with Crippen LogP contribution in [0.1, 0.15) is 61.4 Å². The van der Waals surface area contributed by atoms with Crippen molar-refractivity contribution in [3.8, 4) is 0 Å². The maximum Gasteiger partial charge on any atom is 0.0566 e. The minimum Gasteiger partial charge on any atom is -0.329 e. The van der Waals surface area contributed by atoms with Gasteiger partial charge in [-0.3, -0.25) is 4.90 Å². The quantitative estimate of drug-likeness (QED) is 0.908. The summed E-state index contributed by atoms with van der Waals surface area (Å²) in [4.78, 5) is 4.14. The fourth-order valence-corrected chi connectivity index (χ4v) is 5.33. The molecule has 3 heteroatoms. The van der Waals surface area contributed by atoms with Gasteiger partial charge in [-0.05, 0) is 68.1 Å². The Bertz CT molecular complexity index is 424. The summed E-state index contributed by atoms with van der Waals surface area (Å²) < 4.78 is 0. The van der Waals surface area contributed by atoms with E-state index in [2.05, 4.69) is 23.3 Å². The molecule has 1 unspecified atom stereocenters. The Labute approximate surface area is 127 Å². The Hall–Kier alpha value is -0.380. The molecular formula is C17H28N2S. The van der Waals surface area contributed by atoms with Crippen molar-refractivity contribution in [1.82, 2.24) is 4.90 Å². The van der Waals surface area contributed by atoms with E-state index in [4.69, 9.17) is 5.73 Å². The number of hydrogen-bond acceptors (Lipinski definition) is 3. The third-order valence-corrected chi connectivity index (χ3v) is 6.76. The van der Waals surface area contributed by atoms with E-state index in [1.54, 1.807) is 0 Å². The molecule has 20 heavy (non-hydrogen) atoms. The highest BCUT2D eigenvalue weighted by atomic mass is 32.1. The van der Waals surface area contributed by atoms with Crippen LogP contribution in [-0.4, -0.2) is 24.5 Å². The molecule has 2 heterocycles. The Kier molecular flexibility index (Phi) is 4.49. The number of hydrogen-bond donors (Lipinski definition) is 1. The summed E-state index contributed by atoms with van der Waals surface area (Å²) >= 11 is 1.88. The number of thiophene rings is 1. The van der Waals surface area contributed by atoms with Gasteiger partial charge in [0.25, 0.3) is 0 Å². The van der Waals surface area contributed by atoms with Crippen LogP contribution < -0.4 is 5.73 Å². The van der Waals surface area contributed by atoms with Gasteiger partial charge in [0.05, 0.1) is 6.04 Å². The number of nitrogens with two attached hydrogens (primary N) is 1. The van der Waals surface area contributed by atoms with Crippen LogP contribution in [-0.2, 0) is 0 Å². The second kappa shape index (κ2) is 6.17. The standard InChI is InChI=1S/C17H28N2S/c1-14-5-12-20-16(14)15(13-18)19-10-8-17(9-11-19)6-3-2-4-7-17/h5,12,15H,2-4,6-11,13,18H2,1H3. The number of rotatable bonds is 3. The van der Waals surface area contributed by atoms with E-state index in [9.17, 15) is 0 Å². The van der Waals surface area contributed by atoms with Crippen molar-refractivity contribution >= 4 is 11.3 Å². The topological polar surface area (TPSA) is 29.3 Å². The highest BCUT2D eigenvalue weighted by Gasteiger charge is 2.37. The summed E-state index contributed by atoms with van der Waals surface area (Å²) in [6.07, 6.45) is 10.1. The van der Waals surface area contributed by atoms with Crippen molar-refractivity contribution in [2.24, 2.45) is 11.1 Å². The predicted octanol–water partition coefficient (Wildman–Crippen LogP) is 4.10. The first kappa shape index (κ1) is 14.6. The van der Waals surface area contributed by atoms with Gasteiger partial charge < -0.3 is 5.73 Å². The number of likely N-dealkylation sites (tertiary alicyclic amines) is 1. The monoisotopic (exact) mass is 292 g/mol. The molecule has 1 aliphatic heterocycles. The second-order valence-electron chi connectivity index (χ2n) is 6.82. The summed E-state index contributed by atoms with van der Waals surface area (Å²) in [5.74, 6) is 0. The van der Waals surface area contributed by atoms with Gasteiger partial charge in [0.15, 0.2) is 0 Å². The molecule has 2 nitrogen and oxygen atoms in total. The van der Waals surface area contributed by atoms with E-state index in [0.29, 0.717) is 11.5 Å². The van der Waals surface area contributed by atoms with Crippen LogP contribution in [0.25, 0.3) is 0 Å². The Morgan fingerprint density at radius 2 is 1.90 bits per heavy atom. The van der Waals surface area contributed by atoms with Crippen molar-refractivity contribution in [2.75, 3.05) is 19.6 Å². The van der Waals surface area contributed by atoms with Crippen molar-refractivity contribution < 1.29 is 0 Å². The number of aryl methyl sites for hydroxylation is 1. The lowest BCUT2D eigenvalue weighted by atomic mass is 9.68. The lowest BCUT2D eigenvalue weighted by Gasteiger charge is -2.46. The SMILES string of the molecule is Cc1ccsc1C(CN)N1CCC2(CCCCC2)CC1. The third-order valence-electron chi connectivity index (χ3n) is 5.64. The van der Waals surface area contributed by atoms with Crippen LogP contribution in [0.4, 0.5) is 0 Å². The lowest BCUT2D eigenvalue weighted by Crippen LogP contribution is -2.44. The largest absolute Gasteiger partial charge is 0.329 e. The molecule has 1 spiro atoms. The maximum atomic E-state index is 6.10. The van der Waals surface area contributed by atoms with E-state index >= 15 is 0 Å². The van der Waals surface area contributed by atoms with Gasteiger partial charge >= 0.3 is 0 Å². The van der Waals surface area contributed by atoms with Crippen LogP contribution in [0.5, 0.6) is 0 Å². The number of nitrogens with zero attached hydrogens (tertiary/aromatic N) is 1. The van der Waals surface area contributed by atoms with E-state index in [0.717, 1.165) is 6.54 Å². The van der Waals surface area contributed by atoms with Gasteiger partial charge in [0.1, 0.15) is 0 Å². The highest BCUT2D eigenvalue weighted by molar-refractivity contribution is 7.10. The normalized spacial score (nSPS) is 24.9. The molecule has 1 atom stereocenters. The molecule has 0 aromatic carbocycles. The van der Waals surface area contributed by atoms with Crippen molar-refractivity contribution in [1.29, 1.82) is 0 Å². The van der Waals surface area contributed by atoms with Gasteiger partial charge in [-0.2, -0.15) is 0 Å². The summed E-state index contributed by atoms with van der Waals surface area (Å²) in [7, 11) is 0. The fraction of sp³-hybridized carbons (Fsp3) is 0.765. The lowest BCUT2D eigenvalue weighted by molar-refractivity contribution is 0.0471. The molecule has 1 aliphatic carbocycles. The van der Waals surface area contributed by atoms with Crippen molar-refractivity contribution in [3.63, 3.8) is 0 Å². The molecule has 1 saturated carbocycles. The molecule has 0 bridgehead atoms. The summed E-state index contributed by atoms with van der Waals surface area (Å²) in [6.45, 7) is 5.48. The molecule has 2 N–H and O–H groups in total. The molecule has 3 rings (SSSR count). The molecule has 2 aliphatic rings. The zero-order chi connectivity index (χ0) is 14.0. The predicted molar refractivity (Wildman–Crippen MR) is 87.2 cm³/mol. The van der Waals surface area contributed by atoms with Gasteiger partial charge in [-0.25, -0.2) is 0 Å². The highest BCUT2D eigenvalue weighted by Crippen LogP contribution is 2.45. The molecule has 0 radical (unpaired) electrons. The first-order valence-corrected chi connectivity index (χ1v) is 9.10. The zero-order valence-corrected chi connectivity index (χ0v) is 13.6. The zero-order valence-electron chi connectivity index (χ0n) is 12.7. The summed E-state index contributed by atoms with van der Waals surface area (Å²) in [5.41, 5.74) is 8.21. The number of piperidine rings is 1. The van der Waals surface area contributed by atoms with E-state index in [-0.39, 0.29) is 0 Å².